The van der Waals surface area contributed by atoms with Crippen molar-refractivity contribution in [2.45, 2.75) is 26.2 Å². The van der Waals surface area contributed by atoms with Crippen molar-refractivity contribution < 1.29 is 9.18 Å². The zero-order valence-electron chi connectivity index (χ0n) is 11.6. The molecule has 1 amide bonds. The van der Waals surface area contributed by atoms with Crippen LogP contribution in [0.5, 0.6) is 0 Å². The summed E-state index contributed by atoms with van der Waals surface area (Å²) >= 11 is 0. The average Bonchev–Trinajstić information content (AvgIpc) is 2.35. The number of halogens is 2. The predicted molar refractivity (Wildman–Crippen MR) is 77.9 cm³/mol. The standard InChI is InChI=1S/C14H21FN2O.ClH/c1-10(8-16)9-17-13(18)14(2,3)11-5-4-6-12(15)7-11;/h4-7,10H,8-9,16H2,1-3H3,(H,17,18);1H. The maximum absolute atomic E-state index is 13.2. The van der Waals surface area contributed by atoms with E-state index in [-0.39, 0.29) is 30.0 Å². The second-order valence-corrected chi connectivity index (χ2v) is 5.19. The minimum Gasteiger partial charge on any atom is -0.355 e. The van der Waals surface area contributed by atoms with Crippen LogP contribution in [0.25, 0.3) is 0 Å². The molecule has 3 N–H and O–H groups in total. The molecule has 1 atom stereocenters. The molecule has 1 aromatic rings. The summed E-state index contributed by atoms with van der Waals surface area (Å²) in [4.78, 5) is 12.1. The molecule has 5 heteroatoms. The average molecular weight is 289 g/mol. The zero-order valence-corrected chi connectivity index (χ0v) is 12.4. The lowest BCUT2D eigenvalue weighted by molar-refractivity contribution is -0.125. The van der Waals surface area contributed by atoms with E-state index in [1.807, 2.05) is 6.92 Å². The summed E-state index contributed by atoms with van der Waals surface area (Å²) in [5.41, 5.74) is 5.41. The molecular weight excluding hydrogens is 267 g/mol. The predicted octanol–water partition coefficient (Wildman–Crippen LogP) is 2.24. The molecule has 0 radical (unpaired) electrons. The number of hydrogen-bond acceptors (Lipinski definition) is 2. The van der Waals surface area contributed by atoms with Crippen molar-refractivity contribution in [1.82, 2.24) is 5.32 Å². The molecule has 3 nitrogen and oxygen atoms in total. The minimum atomic E-state index is -0.754. The fraction of sp³-hybridized carbons (Fsp3) is 0.500. The molecule has 108 valence electrons. The lowest BCUT2D eigenvalue weighted by Crippen LogP contribution is -2.42. The number of carbonyl (C=O) groups excluding carboxylic acids is 1. The lowest BCUT2D eigenvalue weighted by Gasteiger charge is -2.25. The van der Waals surface area contributed by atoms with Crippen LogP contribution in [0, 0.1) is 11.7 Å². The third kappa shape index (κ3) is 4.80. The van der Waals surface area contributed by atoms with Crippen molar-refractivity contribution >= 4 is 18.3 Å². The number of nitrogens with one attached hydrogen (secondary N) is 1. The first kappa shape index (κ1) is 17.9. The van der Waals surface area contributed by atoms with Gasteiger partial charge in [0.25, 0.3) is 0 Å². The van der Waals surface area contributed by atoms with Crippen molar-refractivity contribution in [2.75, 3.05) is 13.1 Å². The highest BCUT2D eigenvalue weighted by atomic mass is 35.5. The number of benzene rings is 1. The number of nitrogens with two attached hydrogens (primary N) is 1. The molecule has 1 rings (SSSR count). The lowest BCUT2D eigenvalue weighted by atomic mass is 9.83. The van der Waals surface area contributed by atoms with Gasteiger partial charge in [0.1, 0.15) is 5.82 Å². The van der Waals surface area contributed by atoms with Crippen LogP contribution in [-0.4, -0.2) is 19.0 Å². The number of hydrogen-bond donors (Lipinski definition) is 2. The summed E-state index contributed by atoms with van der Waals surface area (Å²) in [5.74, 6) is -0.214. The highest BCUT2D eigenvalue weighted by Gasteiger charge is 2.29. The summed E-state index contributed by atoms with van der Waals surface area (Å²) in [5, 5.41) is 2.85. The molecule has 0 bridgehead atoms. The fourth-order valence-electron chi connectivity index (χ4n) is 1.58. The molecule has 0 fully saturated rings. The van der Waals surface area contributed by atoms with Gasteiger partial charge in [-0.3, -0.25) is 4.79 Å². The van der Waals surface area contributed by atoms with E-state index < -0.39 is 5.41 Å². The van der Waals surface area contributed by atoms with Crippen LogP contribution in [-0.2, 0) is 10.2 Å². The van der Waals surface area contributed by atoms with Crippen molar-refractivity contribution in [2.24, 2.45) is 11.7 Å². The quantitative estimate of drug-likeness (QED) is 0.873. The van der Waals surface area contributed by atoms with Gasteiger partial charge in [0.2, 0.25) is 5.91 Å². The van der Waals surface area contributed by atoms with Crippen molar-refractivity contribution in [3.8, 4) is 0 Å². The molecule has 0 aliphatic carbocycles. The molecule has 0 saturated heterocycles. The van der Waals surface area contributed by atoms with E-state index in [1.54, 1.807) is 26.0 Å². The Balaban J connectivity index is 0.00000324. The molecule has 0 saturated carbocycles. The molecule has 19 heavy (non-hydrogen) atoms. The minimum absolute atomic E-state index is 0. The largest absolute Gasteiger partial charge is 0.355 e. The van der Waals surface area contributed by atoms with Gasteiger partial charge in [0.15, 0.2) is 0 Å². The molecular formula is C14H22ClFN2O. The number of amides is 1. The highest BCUT2D eigenvalue weighted by Crippen LogP contribution is 2.23. The van der Waals surface area contributed by atoms with Crippen LogP contribution in [0.2, 0.25) is 0 Å². The van der Waals surface area contributed by atoms with E-state index in [1.165, 1.54) is 12.1 Å². The van der Waals surface area contributed by atoms with Crippen LogP contribution in [0.15, 0.2) is 24.3 Å². The van der Waals surface area contributed by atoms with Crippen molar-refractivity contribution in [3.05, 3.63) is 35.6 Å². The van der Waals surface area contributed by atoms with Crippen LogP contribution in [0.1, 0.15) is 26.3 Å². The van der Waals surface area contributed by atoms with Gasteiger partial charge in [-0.05, 0) is 44.0 Å². The van der Waals surface area contributed by atoms with Crippen molar-refractivity contribution in [3.63, 3.8) is 0 Å². The Labute approximate surface area is 120 Å². The van der Waals surface area contributed by atoms with Gasteiger partial charge < -0.3 is 11.1 Å². The van der Waals surface area contributed by atoms with Gasteiger partial charge in [-0.1, -0.05) is 19.1 Å². The Morgan fingerprint density at radius 1 is 1.47 bits per heavy atom. The fourth-order valence-corrected chi connectivity index (χ4v) is 1.58. The van der Waals surface area contributed by atoms with Gasteiger partial charge >= 0.3 is 0 Å². The van der Waals surface area contributed by atoms with Gasteiger partial charge in [-0.25, -0.2) is 4.39 Å². The number of carbonyl (C=O) groups is 1. The van der Waals surface area contributed by atoms with E-state index in [9.17, 15) is 9.18 Å². The van der Waals surface area contributed by atoms with Gasteiger partial charge in [0.05, 0.1) is 5.41 Å². The zero-order chi connectivity index (χ0) is 13.8. The van der Waals surface area contributed by atoms with Gasteiger partial charge in [-0.2, -0.15) is 0 Å². The maximum atomic E-state index is 13.2. The molecule has 0 aliphatic heterocycles. The SMILES string of the molecule is CC(CN)CNC(=O)C(C)(C)c1cccc(F)c1.Cl. The van der Waals surface area contributed by atoms with Crippen LogP contribution < -0.4 is 11.1 Å². The highest BCUT2D eigenvalue weighted by molar-refractivity contribution is 5.87. The van der Waals surface area contributed by atoms with E-state index in [4.69, 9.17) is 5.73 Å². The topological polar surface area (TPSA) is 55.1 Å². The molecule has 0 heterocycles. The van der Waals surface area contributed by atoms with E-state index in [0.717, 1.165) is 0 Å². The molecule has 1 unspecified atom stereocenters. The molecule has 0 aliphatic rings. The monoisotopic (exact) mass is 288 g/mol. The Morgan fingerprint density at radius 3 is 2.63 bits per heavy atom. The van der Waals surface area contributed by atoms with Crippen LogP contribution in [0.4, 0.5) is 4.39 Å². The first-order valence-electron chi connectivity index (χ1n) is 6.12. The van der Waals surface area contributed by atoms with E-state index in [2.05, 4.69) is 5.32 Å². The van der Waals surface area contributed by atoms with E-state index in [0.29, 0.717) is 18.7 Å². The van der Waals surface area contributed by atoms with Gasteiger partial charge in [0, 0.05) is 6.54 Å². The Morgan fingerprint density at radius 2 is 2.11 bits per heavy atom. The summed E-state index contributed by atoms with van der Waals surface area (Å²) < 4.78 is 13.2. The van der Waals surface area contributed by atoms with Crippen LogP contribution in [0.3, 0.4) is 0 Å². The summed E-state index contributed by atoms with van der Waals surface area (Å²) in [6.07, 6.45) is 0. The second kappa shape index (κ2) is 7.46. The van der Waals surface area contributed by atoms with Gasteiger partial charge in [-0.15, -0.1) is 12.4 Å². The Hall–Kier alpha value is -1.13. The Bertz CT molecular complexity index is 424. The third-order valence-corrected chi connectivity index (χ3v) is 3.13. The normalized spacial score (nSPS) is 12.5. The second-order valence-electron chi connectivity index (χ2n) is 5.19. The first-order valence-corrected chi connectivity index (χ1v) is 6.12. The van der Waals surface area contributed by atoms with Crippen LogP contribution >= 0.6 is 12.4 Å². The number of rotatable bonds is 5. The maximum Gasteiger partial charge on any atom is 0.230 e. The Kier molecular flexibility index (Phi) is 7.01. The summed E-state index contributed by atoms with van der Waals surface area (Å²) in [6, 6.07) is 6.14. The summed E-state index contributed by atoms with van der Waals surface area (Å²) in [7, 11) is 0. The molecule has 0 spiro atoms. The van der Waals surface area contributed by atoms with E-state index >= 15 is 0 Å². The first-order chi connectivity index (χ1) is 8.37. The summed E-state index contributed by atoms with van der Waals surface area (Å²) in [6.45, 7) is 6.60. The molecule has 0 aromatic heterocycles. The van der Waals surface area contributed by atoms with Crippen molar-refractivity contribution in [1.29, 1.82) is 0 Å². The molecule has 1 aromatic carbocycles. The smallest absolute Gasteiger partial charge is 0.230 e. The third-order valence-electron chi connectivity index (χ3n) is 3.13.